The van der Waals surface area contributed by atoms with Gasteiger partial charge in [-0.15, -0.1) is 0 Å². The lowest BCUT2D eigenvalue weighted by atomic mass is 9.81. The third-order valence-corrected chi connectivity index (χ3v) is 3.48. The van der Waals surface area contributed by atoms with E-state index >= 15 is 0 Å². The van der Waals surface area contributed by atoms with Gasteiger partial charge in [0.1, 0.15) is 12.9 Å². The Labute approximate surface area is 141 Å². The molecule has 2 atom stereocenters. The lowest BCUT2D eigenvalue weighted by Gasteiger charge is -2.36. The summed E-state index contributed by atoms with van der Waals surface area (Å²) in [5.41, 5.74) is 0.357. The predicted octanol–water partition coefficient (Wildman–Crippen LogP) is 2.55. The second kappa shape index (κ2) is 8.90. The van der Waals surface area contributed by atoms with Crippen LogP contribution < -0.4 is 10.6 Å². The number of aldehydes is 1. The number of nitrogens with one attached hydrogen (secondary N) is 2. The molecule has 0 aliphatic heterocycles. The topological polar surface area (TPSA) is 105 Å². The van der Waals surface area contributed by atoms with Crippen molar-refractivity contribution in [2.24, 2.45) is 5.41 Å². The van der Waals surface area contributed by atoms with Crippen LogP contribution in [-0.4, -0.2) is 35.7 Å². The second-order valence-corrected chi connectivity index (χ2v) is 6.51. The van der Waals surface area contributed by atoms with E-state index < -0.39 is 29.7 Å². The summed E-state index contributed by atoms with van der Waals surface area (Å²) in [6.07, 6.45) is -1.35. The molecule has 7 nitrogen and oxygen atoms in total. The molecule has 1 aromatic carbocycles. The Hall–Kier alpha value is -2.57. The molecule has 0 aromatic heterocycles. The molecule has 3 N–H and O–H groups in total. The van der Waals surface area contributed by atoms with Crippen LogP contribution in [0, 0.1) is 5.41 Å². The molecule has 0 aliphatic carbocycles. The maximum absolute atomic E-state index is 12.1. The van der Waals surface area contributed by atoms with Crippen molar-refractivity contribution in [2.45, 2.75) is 45.9 Å². The Morgan fingerprint density at radius 1 is 1.21 bits per heavy atom. The smallest absolute Gasteiger partial charge is 0.407 e. The summed E-state index contributed by atoms with van der Waals surface area (Å²) in [7, 11) is 0. The van der Waals surface area contributed by atoms with Gasteiger partial charge in [0.2, 0.25) is 0 Å². The van der Waals surface area contributed by atoms with Crippen LogP contribution in [0.4, 0.5) is 9.59 Å². The van der Waals surface area contributed by atoms with E-state index in [1.807, 2.05) is 51.1 Å². The van der Waals surface area contributed by atoms with Gasteiger partial charge in [0.05, 0.1) is 12.1 Å². The van der Waals surface area contributed by atoms with Crippen molar-refractivity contribution >= 4 is 18.5 Å². The SMILES string of the molecule is CC(C)(C)C(NC(=O)OCc1ccccc1)[C@H](CC=O)NC(=O)O. The monoisotopic (exact) mass is 336 g/mol. The molecular formula is C17H24N2O5. The highest BCUT2D eigenvalue weighted by atomic mass is 16.5. The molecule has 1 rings (SSSR count). The lowest BCUT2D eigenvalue weighted by molar-refractivity contribution is -0.108. The highest BCUT2D eigenvalue weighted by Gasteiger charge is 2.34. The molecule has 0 saturated carbocycles. The molecule has 0 heterocycles. The van der Waals surface area contributed by atoms with Crippen LogP contribution >= 0.6 is 0 Å². The average Bonchev–Trinajstić information content (AvgIpc) is 2.50. The van der Waals surface area contributed by atoms with Gasteiger partial charge in [0.25, 0.3) is 0 Å². The van der Waals surface area contributed by atoms with Crippen molar-refractivity contribution in [2.75, 3.05) is 0 Å². The van der Waals surface area contributed by atoms with Gasteiger partial charge >= 0.3 is 12.2 Å². The van der Waals surface area contributed by atoms with Crippen LogP contribution in [0.15, 0.2) is 30.3 Å². The van der Waals surface area contributed by atoms with E-state index in [1.54, 1.807) is 0 Å². The molecule has 0 spiro atoms. The van der Waals surface area contributed by atoms with Crippen molar-refractivity contribution in [3.05, 3.63) is 35.9 Å². The number of ether oxygens (including phenoxy) is 1. The van der Waals surface area contributed by atoms with Gasteiger partial charge in [-0.2, -0.15) is 0 Å². The largest absolute Gasteiger partial charge is 0.465 e. The first kappa shape index (κ1) is 19.5. The van der Waals surface area contributed by atoms with E-state index in [9.17, 15) is 14.4 Å². The van der Waals surface area contributed by atoms with Gasteiger partial charge in [-0.05, 0) is 11.0 Å². The standard InChI is InChI=1S/C17H24N2O5/c1-17(2,3)14(13(9-10-20)18-15(21)22)19-16(23)24-11-12-7-5-4-6-8-12/h4-8,10,13-14,18H,9,11H2,1-3H3,(H,19,23)(H,21,22)/t13-,14?/m0/s1. The van der Waals surface area contributed by atoms with E-state index in [0.29, 0.717) is 6.29 Å². The fourth-order valence-corrected chi connectivity index (χ4v) is 2.35. The molecule has 1 unspecified atom stereocenters. The predicted molar refractivity (Wildman–Crippen MR) is 88.6 cm³/mol. The fraction of sp³-hybridized carbons (Fsp3) is 0.471. The number of hydrogen-bond acceptors (Lipinski definition) is 4. The minimum atomic E-state index is -1.25. The zero-order chi connectivity index (χ0) is 18.2. The Balaban J connectivity index is 2.75. The highest BCUT2D eigenvalue weighted by molar-refractivity contribution is 5.69. The van der Waals surface area contributed by atoms with Crippen molar-refractivity contribution in [1.82, 2.24) is 10.6 Å². The molecule has 2 amide bonds. The number of hydrogen-bond donors (Lipinski definition) is 3. The van der Waals surface area contributed by atoms with Gasteiger partial charge in [-0.1, -0.05) is 51.1 Å². The molecule has 132 valence electrons. The second-order valence-electron chi connectivity index (χ2n) is 6.51. The van der Waals surface area contributed by atoms with Crippen LogP contribution in [0.25, 0.3) is 0 Å². The molecule has 24 heavy (non-hydrogen) atoms. The fourth-order valence-electron chi connectivity index (χ4n) is 2.35. The number of alkyl carbamates (subject to hydrolysis) is 1. The molecule has 0 fully saturated rings. The van der Waals surface area contributed by atoms with Gasteiger partial charge in [0, 0.05) is 6.42 Å². The Bertz CT molecular complexity index is 554. The van der Waals surface area contributed by atoms with E-state index in [1.165, 1.54) is 0 Å². The van der Waals surface area contributed by atoms with Crippen molar-refractivity contribution in [1.29, 1.82) is 0 Å². The number of benzene rings is 1. The Morgan fingerprint density at radius 3 is 2.33 bits per heavy atom. The van der Waals surface area contributed by atoms with Crippen LogP contribution in [0.5, 0.6) is 0 Å². The molecule has 0 saturated heterocycles. The molecule has 0 aliphatic rings. The van der Waals surface area contributed by atoms with Gasteiger partial charge in [-0.25, -0.2) is 9.59 Å². The van der Waals surface area contributed by atoms with Crippen LogP contribution in [0.1, 0.15) is 32.8 Å². The number of carbonyl (C=O) groups excluding carboxylic acids is 2. The highest BCUT2D eigenvalue weighted by Crippen LogP contribution is 2.23. The molecule has 7 heteroatoms. The summed E-state index contributed by atoms with van der Waals surface area (Å²) in [5, 5.41) is 13.9. The number of carbonyl (C=O) groups is 3. The third kappa shape index (κ3) is 6.68. The number of carboxylic acid groups (broad SMARTS) is 1. The zero-order valence-electron chi connectivity index (χ0n) is 14.1. The van der Waals surface area contributed by atoms with Crippen molar-refractivity contribution in [3.63, 3.8) is 0 Å². The Kier molecular flexibility index (Phi) is 7.23. The number of amides is 2. The normalized spacial score (nSPS) is 13.5. The third-order valence-electron chi connectivity index (χ3n) is 3.48. The summed E-state index contributed by atoms with van der Waals surface area (Å²) >= 11 is 0. The maximum atomic E-state index is 12.1. The van der Waals surface area contributed by atoms with Gasteiger partial charge in [-0.3, -0.25) is 0 Å². The minimum Gasteiger partial charge on any atom is -0.465 e. The minimum absolute atomic E-state index is 0.0484. The average molecular weight is 336 g/mol. The summed E-state index contributed by atoms with van der Waals surface area (Å²) in [6.45, 7) is 5.64. The molecule has 0 radical (unpaired) electrons. The lowest BCUT2D eigenvalue weighted by Crippen LogP contribution is -2.57. The van der Waals surface area contributed by atoms with Crippen LogP contribution in [0.2, 0.25) is 0 Å². The first-order valence-electron chi connectivity index (χ1n) is 7.64. The summed E-state index contributed by atoms with van der Waals surface area (Å²) in [6, 6.07) is 7.84. The molecule has 1 aromatic rings. The van der Waals surface area contributed by atoms with E-state index in [4.69, 9.17) is 9.84 Å². The summed E-state index contributed by atoms with van der Waals surface area (Å²) < 4.78 is 5.17. The van der Waals surface area contributed by atoms with Gasteiger partial charge in [0.15, 0.2) is 0 Å². The van der Waals surface area contributed by atoms with Crippen molar-refractivity contribution < 1.29 is 24.2 Å². The quantitative estimate of drug-likeness (QED) is 0.664. The van der Waals surface area contributed by atoms with Crippen molar-refractivity contribution in [3.8, 4) is 0 Å². The first-order chi connectivity index (χ1) is 11.2. The van der Waals surface area contributed by atoms with Crippen LogP contribution in [0.3, 0.4) is 0 Å². The van der Waals surface area contributed by atoms with Crippen LogP contribution in [-0.2, 0) is 16.1 Å². The Morgan fingerprint density at radius 2 is 1.83 bits per heavy atom. The van der Waals surface area contributed by atoms with E-state index in [0.717, 1.165) is 5.56 Å². The summed E-state index contributed by atoms with van der Waals surface area (Å²) in [4.78, 5) is 33.9. The van der Waals surface area contributed by atoms with Gasteiger partial charge < -0.3 is 25.3 Å². The molecular weight excluding hydrogens is 312 g/mol. The number of rotatable bonds is 7. The summed E-state index contributed by atoms with van der Waals surface area (Å²) in [5.74, 6) is 0. The first-order valence-corrected chi connectivity index (χ1v) is 7.64. The maximum Gasteiger partial charge on any atom is 0.407 e. The van der Waals surface area contributed by atoms with E-state index in [-0.39, 0.29) is 13.0 Å². The molecule has 0 bridgehead atoms. The van der Waals surface area contributed by atoms with E-state index in [2.05, 4.69) is 10.6 Å². The zero-order valence-corrected chi connectivity index (χ0v) is 14.1.